The molecule has 6 nitrogen and oxygen atoms in total. The molecule has 0 amide bonds. The number of ether oxygens (including phenoxy) is 1. The molecule has 5 rings (SSSR count). The van der Waals surface area contributed by atoms with Crippen molar-refractivity contribution in [2.45, 2.75) is 52.1 Å². The standard InChI is InChI=1S/C25H26O6/c1-24(2)7-4-8-25(3)21(24)10-14-19(31-25)12-20-22(23(14)29)17(28)11-18(30-20)13-5-6-15(26)16(27)9-13/h5-6,9,11-12,21,26-27,29H,4,7-8,10H2,1-3H3/t21-,25+/m0/s1. The van der Waals surface area contributed by atoms with Crippen LogP contribution in [0.1, 0.15) is 45.6 Å². The predicted molar refractivity (Wildman–Crippen MR) is 117 cm³/mol. The molecule has 1 aliphatic heterocycles. The molecule has 0 radical (unpaired) electrons. The van der Waals surface area contributed by atoms with E-state index in [-0.39, 0.29) is 56.3 Å². The summed E-state index contributed by atoms with van der Waals surface area (Å²) < 4.78 is 12.4. The Morgan fingerprint density at radius 3 is 2.52 bits per heavy atom. The average molecular weight is 422 g/mol. The van der Waals surface area contributed by atoms with E-state index in [0.717, 1.165) is 19.3 Å². The van der Waals surface area contributed by atoms with Gasteiger partial charge in [0.05, 0.1) is 0 Å². The third kappa shape index (κ3) is 2.96. The molecule has 1 aliphatic carbocycles. The molecule has 0 spiro atoms. The lowest BCUT2D eigenvalue weighted by Gasteiger charge is -2.53. The van der Waals surface area contributed by atoms with Crippen molar-refractivity contribution < 1.29 is 24.5 Å². The first-order valence-corrected chi connectivity index (χ1v) is 10.6. The minimum absolute atomic E-state index is 0.0709. The molecule has 3 N–H and O–H groups in total. The van der Waals surface area contributed by atoms with E-state index in [1.54, 1.807) is 12.1 Å². The molecule has 2 aliphatic rings. The lowest BCUT2D eigenvalue weighted by molar-refractivity contribution is -0.0818. The summed E-state index contributed by atoms with van der Waals surface area (Å²) in [6.07, 6.45) is 3.77. The minimum Gasteiger partial charge on any atom is -0.507 e. The number of benzene rings is 2. The molecule has 6 heteroatoms. The van der Waals surface area contributed by atoms with E-state index >= 15 is 0 Å². The second kappa shape index (κ2) is 6.42. The Morgan fingerprint density at radius 2 is 1.77 bits per heavy atom. The summed E-state index contributed by atoms with van der Waals surface area (Å²) >= 11 is 0. The summed E-state index contributed by atoms with van der Waals surface area (Å²) in [5, 5.41) is 30.5. The number of hydrogen-bond acceptors (Lipinski definition) is 6. The maximum atomic E-state index is 12.9. The van der Waals surface area contributed by atoms with Crippen LogP contribution in [0.5, 0.6) is 23.0 Å². The van der Waals surface area contributed by atoms with Crippen LogP contribution >= 0.6 is 0 Å². The molecule has 1 saturated carbocycles. The number of phenols is 3. The molecule has 2 heterocycles. The first-order chi connectivity index (χ1) is 14.6. The molecular formula is C25H26O6. The van der Waals surface area contributed by atoms with E-state index in [0.29, 0.717) is 23.3 Å². The van der Waals surface area contributed by atoms with Gasteiger partial charge in [0.15, 0.2) is 16.9 Å². The van der Waals surface area contributed by atoms with Gasteiger partial charge >= 0.3 is 0 Å². The third-order valence-electron chi connectivity index (χ3n) is 7.24. The highest BCUT2D eigenvalue weighted by Gasteiger charge is 2.51. The highest BCUT2D eigenvalue weighted by Crippen LogP contribution is 2.55. The van der Waals surface area contributed by atoms with Crippen molar-refractivity contribution in [1.29, 1.82) is 0 Å². The van der Waals surface area contributed by atoms with Crippen molar-refractivity contribution in [3.05, 3.63) is 46.1 Å². The van der Waals surface area contributed by atoms with Crippen LogP contribution in [0.25, 0.3) is 22.3 Å². The molecule has 0 unspecified atom stereocenters. The summed E-state index contributed by atoms with van der Waals surface area (Å²) in [6, 6.07) is 7.18. The van der Waals surface area contributed by atoms with Crippen molar-refractivity contribution >= 4 is 11.0 Å². The van der Waals surface area contributed by atoms with Gasteiger partial charge < -0.3 is 24.5 Å². The molecule has 2 aromatic carbocycles. The van der Waals surface area contributed by atoms with Gasteiger partial charge in [-0.3, -0.25) is 4.79 Å². The van der Waals surface area contributed by atoms with E-state index in [9.17, 15) is 20.1 Å². The van der Waals surface area contributed by atoms with Gasteiger partial charge in [0, 0.05) is 29.2 Å². The SMILES string of the molecule is CC1(C)CCC[C@@]2(C)Oc3cc4oc(-c5ccc(O)c(O)c5)cc(=O)c4c(O)c3C[C@@H]12. The Hall–Kier alpha value is -3.15. The van der Waals surface area contributed by atoms with Crippen LogP contribution in [-0.4, -0.2) is 20.9 Å². The molecule has 31 heavy (non-hydrogen) atoms. The van der Waals surface area contributed by atoms with E-state index in [2.05, 4.69) is 20.8 Å². The van der Waals surface area contributed by atoms with Crippen molar-refractivity contribution in [2.24, 2.45) is 11.3 Å². The maximum absolute atomic E-state index is 12.9. The largest absolute Gasteiger partial charge is 0.507 e. The third-order valence-corrected chi connectivity index (χ3v) is 7.24. The number of aromatic hydroxyl groups is 3. The van der Waals surface area contributed by atoms with Gasteiger partial charge in [0.1, 0.15) is 33.8 Å². The van der Waals surface area contributed by atoms with Gasteiger partial charge in [-0.05, 0) is 56.2 Å². The molecule has 0 bridgehead atoms. The Bertz CT molecular complexity index is 1270. The van der Waals surface area contributed by atoms with Gasteiger partial charge in [-0.15, -0.1) is 0 Å². The lowest BCUT2D eigenvalue weighted by Crippen LogP contribution is -2.53. The van der Waals surface area contributed by atoms with Crippen LogP contribution in [0.2, 0.25) is 0 Å². The van der Waals surface area contributed by atoms with Gasteiger partial charge in [0.2, 0.25) is 0 Å². The Labute approximate surface area is 179 Å². The fourth-order valence-electron chi connectivity index (χ4n) is 5.57. The van der Waals surface area contributed by atoms with Crippen LogP contribution in [0.4, 0.5) is 0 Å². The van der Waals surface area contributed by atoms with Crippen LogP contribution in [0.15, 0.2) is 39.5 Å². The van der Waals surface area contributed by atoms with Gasteiger partial charge in [0.25, 0.3) is 0 Å². The normalized spacial score (nSPS) is 24.3. The fourth-order valence-corrected chi connectivity index (χ4v) is 5.57. The molecule has 1 fully saturated rings. The van der Waals surface area contributed by atoms with Crippen LogP contribution in [0, 0.1) is 11.3 Å². The number of hydrogen-bond donors (Lipinski definition) is 3. The van der Waals surface area contributed by atoms with E-state index in [1.165, 1.54) is 18.2 Å². The summed E-state index contributed by atoms with van der Waals surface area (Å²) in [6.45, 7) is 6.62. The van der Waals surface area contributed by atoms with Crippen molar-refractivity contribution in [3.8, 4) is 34.3 Å². The summed E-state index contributed by atoms with van der Waals surface area (Å²) in [4.78, 5) is 12.9. The predicted octanol–water partition coefficient (Wildman–Crippen LogP) is 5.10. The minimum atomic E-state index is -0.375. The Morgan fingerprint density at radius 1 is 1.00 bits per heavy atom. The quantitative estimate of drug-likeness (QED) is 0.472. The van der Waals surface area contributed by atoms with Gasteiger partial charge in [-0.25, -0.2) is 0 Å². The first-order valence-electron chi connectivity index (χ1n) is 10.6. The summed E-state index contributed by atoms with van der Waals surface area (Å²) in [5.41, 5.74) is 0.682. The fraction of sp³-hybridized carbons (Fsp3) is 0.400. The van der Waals surface area contributed by atoms with Crippen molar-refractivity contribution in [3.63, 3.8) is 0 Å². The Balaban J connectivity index is 1.68. The highest BCUT2D eigenvalue weighted by molar-refractivity contribution is 5.88. The zero-order chi connectivity index (χ0) is 22.1. The smallest absolute Gasteiger partial charge is 0.197 e. The van der Waals surface area contributed by atoms with Crippen molar-refractivity contribution in [1.82, 2.24) is 0 Å². The first kappa shape index (κ1) is 19.8. The number of phenolic OH excluding ortho intramolecular Hbond substituents is 3. The maximum Gasteiger partial charge on any atom is 0.197 e. The van der Waals surface area contributed by atoms with Crippen LogP contribution in [0.3, 0.4) is 0 Å². The van der Waals surface area contributed by atoms with Crippen molar-refractivity contribution in [2.75, 3.05) is 0 Å². The average Bonchev–Trinajstić information content (AvgIpc) is 2.68. The second-order valence-electron chi connectivity index (χ2n) is 9.77. The molecular weight excluding hydrogens is 396 g/mol. The highest BCUT2D eigenvalue weighted by atomic mass is 16.5. The van der Waals surface area contributed by atoms with Crippen LogP contribution in [-0.2, 0) is 6.42 Å². The molecule has 1 aromatic heterocycles. The zero-order valence-electron chi connectivity index (χ0n) is 17.9. The van der Waals surface area contributed by atoms with E-state index in [1.807, 2.05) is 0 Å². The van der Waals surface area contributed by atoms with E-state index in [4.69, 9.17) is 9.15 Å². The van der Waals surface area contributed by atoms with Gasteiger partial charge in [-0.1, -0.05) is 13.8 Å². The van der Waals surface area contributed by atoms with E-state index < -0.39 is 0 Å². The Kier molecular flexibility index (Phi) is 4.10. The van der Waals surface area contributed by atoms with Gasteiger partial charge in [-0.2, -0.15) is 0 Å². The summed E-state index contributed by atoms with van der Waals surface area (Å²) in [5.74, 6) is 0.364. The second-order valence-corrected chi connectivity index (χ2v) is 9.77. The molecule has 3 aromatic rings. The number of fused-ring (bicyclic) bond motifs is 3. The molecule has 2 atom stereocenters. The monoisotopic (exact) mass is 422 g/mol. The topological polar surface area (TPSA) is 100 Å². The lowest BCUT2D eigenvalue weighted by atomic mass is 9.59. The summed E-state index contributed by atoms with van der Waals surface area (Å²) in [7, 11) is 0. The molecule has 162 valence electrons. The molecule has 0 saturated heterocycles. The number of rotatable bonds is 1. The zero-order valence-corrected chi connectivity index (χ0v) is 17.9. The van der Waals surface area contributed by atoms with Crippen LogP contribution < -0.4 is 10.2 Å².